The minimum absolute atomic E-state index is 0.188. The summed E-state index contributed by atoms with van der Waals surface area (Å²) >= 11 is 6.14. The molecule has 2 saturated carbocycles. The van der Waals surface area contributed by atoms with Gasteiger partial charge in [0, 0.05) is 19.5 Å². The van der Waals surface area contributed by atoms with Crippen LogP contribution in [-0.2, 0) is 4.79 Å². The third-order valence-electron chi connectivity index (χ3n) is 5.04. The van der Waals surface area contributed by atoms with Crippen molar-refractivity contribution in [3.8, 4) is 0 Å². The lowest BCUT2D eigenvalue weighted by Gasteiger charge is -2.31. The van der Waals surface area contributed by atoms with Crippen LogP contribution in [0.3, 0.4) is 0 Å². The van der Waals surface area contributed by atoms with Gasteiger partial charge in [0.05, 0.1) is 5.38 Å². The van der Waals surface area contributed by atoms with Gasteiger partial charge in [0.1, 0.15) is 0 Å². The summed E-state index contributed by atoms with van der Waals surface area (Å²) < 4.78 is 0. The Bertz CT molecular complexity index is 307. The van der Waals surface area contributed by atoms with Crippen molar-refractivity contribution in [1.29, 1.82) is 0 Å². The quantitative estimate of drug-likeness (QED) is 0.695. The van der Waals surface area contributed by atoms with Crippen LogP contribution in [0.2, 0.25) is 0 Å². The van der Waals surface area contributed by atoms with Crippen LogP contribution in [0, 0.1) is 17.8 Å². The molecular weight excluding hydrogens is 234 g/mol. The molecule has 0 aromatic rings. The zero-order valence-corrected chi connectivity index (χ0v) is 11.2. The number of hydrogen-bond acceptors (Lipinski definition) is 1. The predicted octanol–water partition coefficient (Wildman–Crippen LogP) is 3.04. The number of carbonyl (C=O) groups is 1. The Balaban J connectivity index is 1.53. The van der Waals surface area contributed by atoms with Crippen molar-refractivity contribution in [2.24, 2.45) is 17.8 Å². The third kappa shape index (κ3) is 2.47. The van der Waals surface area contributed by atoms with Crippen LogP contribution >= 0.6 is 11.6 Å². The van der Waals surface area contributed by atoms with E-state index in [9.17, 15) is 4.79 Å². The van der Waals surface area contributed by atoms with Crippen molar-refractivity contribution in [2.75, 3.05) is 13.1 Å². The van der Waals surface area contributed by atoms with Crippen LogP contribution in [0.1, 0.15) is 44.9 Å². The normalized spacial score (nSPS) is 40.9. The van der Waals surface area contributed by atoms with E-state index >= 15 is 0 Å². The van der Waals surface area contributed by atoms with E-state index in [1.54, 1.807) is 0 Å². The number of alkyl halides is 1. The zero-order valence-electron chi connectivity index (χ0n) is 10.4. The summed E-state index contributed by atoms with van der Waals surface area (Å²) in [6.45, 7) is 1.71. The van der Waals surface area contributed by atoms with E-state index in [2.05, 4.69) is 0 Å². The molecule has 0 spiro atoms. The minimum atomic E-state index is 0.188. The maximum Gasteiger partial charge on any atom is 0.222 e. The Morgan fingerprint density at radius 1 is 1.24 bits per heavy atom. The molecule has 2 nitrogen and oxygen atoms in total. The second kappa shape index (κ2) is 4.79. The topological polar surface area (TPSA) is 20.3 Å². The molecule has 0 radical (unpaired) electrons. The lowest BCUT2D eigenvalue weighted by molar-refractivity contribution is -0.133. The first-order chi connectivity index (χ1) is 8.22. The third-order valence-corrected chi connectivity index (χ3v) is 5.39. The average molecular weight is 256 g/mol. The predicted molar refractivity (Wildman–Crippen MR) is 69.0 cm³/mol. The molecule has 4 atom stereocenters. The van der Waals surface area contributed by atoms with Crippen molar-refractivity contribution in [2.45, 2.75) is 50.3 Å². The van der Waals surface area contributed by atoms with Gasteiger partial charge in [0.2, 0.25) is 5.91 Å². The summed E-state index contributed by atoms with van der Waals surface area (Å²) in [6.07, 6.45) is 8.45. The highest BCUT2D eigenvalue weighted by Crippen LogP contribution is 2.49. The number of piperidine rings is 1. The van der Waals surface area contributed by atoms with Gasteiger partial charge in [-0.15, -0.1) is 11.6 Å². The van der Waals surface area contributed by atoms with Crippen molar-refractivity contribution in [3.63, 3.8) is 0 Å². The largest absolute Gasteiger partial charge is 0.341 e. The maximum absolute atomic E-state index is 12.2. The fourth-order valence-corrected chi connectivity index (χ4v) is 4.45. The molecule has 1 aliphatic heterocycles. The molecule has 1 saturated heterocycles. The Morgan fingerprint density at radius 2 is 2.12 bits per heavy atom. The van der Waals surface area contributed by atoms with Crippen LogP contribution < -0.4 is 0 Å². The summed E-state index contributed by atoms with van der Waals surface area (Å²) in [5.41, 5.74) is 0. The molecule has 1 heterocycles. The SMILES string of the molecule is O=C(CC1CC2CCC1C2)N1CCCC(Cl)C1. The van der Waals surface area contributed by atoms with Crippen LogP contribution in [0.25, 0.3) is 0 Å². The molecule has 2 bridgehead atoms. The van der Waals surface area contributed by atoms with E-state index in [1.807, 2.05) is 4.90 Å². The molecule has 3 rings (SSSR count). The van der Waals surface area contributed by atoms with E-state index in [0.717, 1.165) is 44.2 Å². The summed E-state index contributed by atoms with van der Waals surface area (Å²) in [6, 6.07) is 0. The highest BCUT2D eigenvalue weighted by Gasteiger charge is 2.40. The molecule has 96 valence electrons. The van der Waals surface area contributed by atoms with Crippen LogP contribution in [0.5, 0.6) is 0 Å². The smallest absolute Gasteiger partial charge is 0.222 e. The van der Waals surface area contributed by atoms with Crippen LogP contribution in [0.15, 0.2) is 0 Å². The summed E-state index contributed by atoms with van der Waals surface area (Å²) in [7, 11) is 0. The van der Waals surface area contributed by atoms with E-state index < -0.39 is 0 Å². The monoisotopic (exact) mass is 255 g/mol. The van der Waals surface area contributed by atoms with Gasteiger partial charge in [-0.1, -0.05) is 6.42 Å². The molecule has 4 unspecified atom stereocenters. The number of fused-ring (bicyclic) bond motifs is 2. The van der Waals surface area contributed by atoms with Crippen LogP contribution in [0.4, 0.5) is 0 Å². The standard InChI is InChI=1S/C14H22ClNO/c15-13-2-1-5-16(9-13)14(17)8-12-7-10-3-4-11(12)6-10/h10-13H,1-9H2. The van der Waals surface area contributed by atoms with Crippen molar-refractivity contribution >= 4 is 17.5 Å². The molecule has 3 fully saturated rings. The first-order valence-electron chi connectivity index (χ1n) is 7.14. The highest BCUT2D eigenvalue weighted by molar-refractivity contribution is 6.20. The number of rotatable bonds is 2. The number of likely N-dealkylation sites (tertiary alicyclic amines) is 1. The summed E-state index contributed by atoms with van der Waals surface area (Å²) in [5, 5.41) is 0.188. The second-order valence-electron chi connectivity index (χ2n) is 6.22. The lowest BCUT2D eigenvalue weighted by Crippen LogP contribution is -2.41. The molecule has 3 heteroatoms. The molecule has 0 N–H and O–H groups in total. The van der Waals surface area contributed by atoms with Gasteiger partial charge in [-0.05, 0) is 49.9 Å². The first-order valence-corrected chi connectivity index (χ1v) is 7.58. The van der Waals surface area contributed by atoms with E-state index in [0.29, 0.717) is 11.8 Å². The van der Waals surface area contributed by atoms with E-state index in [4.69, 9.17) is 11.6 Å². The van der Waals surface area contributed by atoms with E-state index in [1.165, 1.54) is 25.7 Å². The number of hydrogen-bond donors (Lipinski definition) is 0. The highest BCUT2D eigenvalue weighted by atomic mass is 35.5. The zero-order chi connectivity index (χ0) is 11.8. The fourth-order valence-electron chi connectivity index (χ4n) is 4.13. The Kier molecular flexibility index (Phi) is 3.34. The number of nitrogens with zero attached hydrogens (tertiary/aromatic N) is 1. The van der Waals surface area contributed by atoms with Gasteiger partial charge in [0.25, 0.3) is 0 Å². The number of amides is 1. The fraction of sp³-hybridized carbons (Fsp3) is 0.929. The Labute approximate surface area is 109 Å². The van der Waals surface area contributed by atoms with Gasteiger partial charge >= 0.3 is 0 Å². The molecule has 2 aliphatic carbocycles. The van der Waals surface area contributed by atoms with E-state index in [-0.39, 0.29) is 5.38 Å². The van der Waals surface area contributed by atoms with Gasteiger partial charge in [-0.25, -0.2) is 0 Å². The maximum atomic E-state index is 12.2. The van der Waals surface area contributed by atoms with Gasteiger partial charge in [-0.2, -0.15) is 0 Å². The van der Waals surface area contributed by atoms with Crippen molar-refractivity contribution < 1.29 is 4.79 Å². The summed E-state index contributed by atoms with van der Waals surface area (Å²) in [5.74, 6) is 2.87. The Hall–Kier alpha value is -0.240. The molecule has 17 heavy (non-hydrogen) atoms. The second-order valence-corrected chi connectivity index (χ2v) is 6.84. The van der Waals surface area contributed by atoms with Gasteiger partial charge in [-0.3, -0.25) is 4.79 Å². The average Bonchev–Trinajstić information content (AvgIpc) is 2.91. The van der Waals surface area contributed by atoms with Gasteiger partial charge in [0.15, 0.2) is 0 Å². The molecule has 0 aromatic carbocycles. The van der Waals surface area contributed by atoms with Gasteiger partial charge < -0.3 is 4.90 Å². The molecule has 1 amide bonds. The summed E-state index contributed by atoms with van der Waals surface area (Å²) in [4.78, 5) is 14.3. The number of halogens is 1. The minimum Gasteiger partial charge on any atom is -0.341 e. The lowest BCUT2D eigenvalue weighted by atomic mass is 9.86. The molecular formula is C14H22ClNO. The van der Waals surface area contributed by atoms with Crippen LogP contribution in [-0.4, -0.2) is 29.3 Å². The van der Waals surface area contributed by atoms with Crippen molar-refractivity contribution in [1.82, 2.24) is 4.90 Å². The molecule has 3 aliphatic rings. The van der Waals surface area contributed by atoms with Crippen molar-refractivity contribution in [3.05, 3.63) is 0 Å². The molecule has 0 aromatic heterocycles. The Morgan fingerprint density at radius 3 is 2.76 bits per heavy atom. The first kappa shape index (κ1) is 11.8. The number of carbonyl (C=O) groups excluding carboxylic acids is 1.